The number of hydrogen-bond donors (Lipinski definition) is 1. The van der Waals surface area contributed by atoms with Crippen LogP contribution in [0.15, 0.2) is 24.3 Å². The standard InChI is InChI=1S/C11H11FN2S/c1-7-10(13-11(15)14(7)2)8-3-5-9(12)6-4-8/h3-6H,1-2H3,(H,13,15). The highest BCUT2D eigenvalue weighted by Crippen LogP contribution is 2.21. The highest BCUT2D eigenvalue weighted by molar-refractivity contribution is 7.71. The van der Waals surface area contributed by atoms with Gasteiger partial charge in [-0.25, -0.2) is 4.39 Å². The van der Waals surface area contributed by atoms with Gasteiger partial charge in [0.15, 0.2) is 4.77 Å². The Morgan fingerprint density at radius 2 is 1.87 bits per heavy atom. The maximum absolute atomic E-state index is 12.8. The SMILES string of the molecule is Cc1c(-c2ccc(F)cc2)[nH]c(=S)n1C. The van der Waals surface area contributed by atoms with Gasteiger partial charge in [0.25, 0.3) is 0 Å². The van der Waals surface area contributed by atoms with Crippen LogP contribution >= 0.6 is 12.2 Å². The Morgan fingerprint density at radius 1 is 1.27 bits per heavy atom. The van der Waals surface area contributed by atoms with Crippen LogP contribution in [0.2, 0.25) is 0 Å². The van der Waals surface area contributed by atoms with E-state index in [0.29, 0.717) is 4.77 Å². The number of H-pyrrole nitrogens is 1. The van der Waals surface area contributed by atoms with Gasteiger partial charge >= 0.3 is 0 Å². The number of aromatic nitrogens is 2. The number of nitrogens with zero attached hydrogens (tertiary/aromatic N) is 1. The molecule has 4 heteroatoms. The lowest BCUT2D eigenvalue weighted by atomic mass is 10.1. The number of rotatable bonds is 1. The summed E-state index contributed by atoms with van der Waals surface area (Å²) in [5.74, 6) is -0.231. The van der Waals surface area contributed by atoms with Crippen molar-refractivity contribution in [1.29, 1.82) is 0 Å². The Kier molecular flexibility index (Phi) is 2.44. The van der Waals surface area contributed by atoms with Crippen LogP contribution in [0.5, 0.6) is 0 Å². The maximum Gasteiger partial charge on any atom is 0.177 e. The molecule has 78 valence electrons. The van der Waals surface area contributed by atoms with Crippen LogP contribution < -0.4 is 0 Å². The zero-order chi connectivity index (χ0) is 11.0. The summed E-state index contributed by atoms with van der Waals surface area (Å²) in [5.41, 5.74) is 2.94. The van der Waals surface area contributed by atoms with E-state index in [-0.39, 0.29) is 5.82 Å². The van der Waals surface area contributed by atoms with Gasteiger partial charge in [-0.1, -0.05) is 0 Å². The third-order valence-electron chi connectivity index (χ3n) is 2.53. The van der Waals surface area contributed by atoms with E-state index >= 15 is 0 Å². The molecule has 2 rings (SSSR count). The number of hydrogen-bond acceptors (Lipinski definition) is 1. The van der Waals surface area contributed by atoms with Crippen LogP contribution in [0.25, 0.3) is 11.3 Å². The van der Waals surface area contributed by atoms with Crippen molar-refractivity contribution in [2.45, 2.75) is 6.92 Å². The number of imidazole rings is 1. The Morgan fingerprint density at radius 3 is 2.33 bits per heavy atom. The molecule has 0 unspecified atom stereocenters. The van der Waals surface area contributed by atoms with Crippen molar-refractivity contribution in [3.63, 3.8) is 0 Å². The molecule has 0 saturated heterocycles. The number of benzene rings is 1. The summed E-state index contributed by atoms with van der Waals surface area (Å²) < 4.78 is 15.3. The van der Waals surface area contributed by atoms with E-state index in [4.69, 9.17) is 12.2 Å². The van der Waals surface area contributed by atoms with Crippen LogP contribution in [0.1, 0.15) is 5.69 Å². The third kappa shape index (κ3) is 1.72. The zero-order valence-corrected chi connectivity index (χ0v) is 9.36. The lowest BCUT2D eigenvalue weighted by molar-refractivity contribution is 0.628. The van der Waals surface area contributed by atoms with Crippen molar-refractivity contribution in [2.75, 3.05) is 0 Å². The topological polar surface area (TPSA) is 20.7 Å². The smallest absolute Gasteiger partial charge is 0.177 e. The first-order chi connectivity index (χ1) is 7.09. The molecule has 2 nitrogen and oxygen atoms in total. The first kappa shape index (κ1) is 10.1. The second-order valence-electron chi connectivity index (χ2n) is 3.46. The normalized spacial score (nSPS) is 10.6. The van der Waals surface area contributed by atoms with Gasteiger partial charge in [0.05, 0.1) is 5.69 Å². The molecule has 0 aliphatic rings. The quantitative estimate of drug-likeness (QED) is 0.735. The minimum atomic E-state index is -0.231. The predicted molar refractivity (Wildman–Crippen MR) is 60.7 cm³/mol. The van der Waals surface area contributed by atoms with E-state index in [0.717, 1.165) is 17.0 Å². The molecule has 0 saturated carbocycles. The van der Waals surface area contributed by atoms with Crippen LogP contribution in [-0.4, -0.2) is 9.55 Å². The fourth-order valence-corrected chi connectivity index (χ4v) is 1.74. The maximum atomic E-state index is 12.8. The van der Waals surface area contributed by atoms with Crippen molar-refractivity contribution in [1.82, 2.24) is 9.55 Å². The number of aromatic amines is 1. The molecular weight excluding hydrogens is 211 g/mol. The second-order valence-corrected chi connectivity index (χ2v) is 3.84. The molecule has 0 aliphatic carbocycles. The largest absolute Gasteiger partial charge is 0.330 e. The van der Waals surface area contributed by atoms with E-state index in [1.54, 1.807) is 12.1 Å². The lowest BCUT2D eigenvalue weighted by Crippen LogP contribution is -1.90. The third-order valence-corrected chi connectivity index (χ3v) is 2.91. The molecule has 1 aromatic heterocycles. The molecule has 0 radical (unpaired) electrons. The van der Waals surface area contributed by atoms with E-state index in [1.807, 2.05) is 18.5 Å². The highest BCUT2D eigenvalue weighted by Gasteiger charge is 2.06. The first-order valence-corrected chi connectivity index (χ1v) is 5.02. The predicted octanol–water partition coefficient (Wildman–Crippen LogP) is 3.20. The number of nitrogens with one attached hydrogen (secondary N) is 1. The van der Waals surface area contributed by atoms with E-state index in [2.05, 4.69) is 4.98 Å². The fraction of sp³-hybridized carbons (Fsp3) is 0.182. The number of halogens is 1. The monoisotopic (exact) mass is 222 g/mol. The Balaban J connectivity index is 2.59. The summed E-state index contributed by atoms with van der Waals surface area (Å²) in [6.07, 6.45) is 0. The average molecular weight is 222 g/mol. The summed E-state index contributed by atoms with van der Waals surface area (Å²) in [6.45, 7) is 1.98. The molecule has 0 aliphatic heterocycles. The van der Waals surface area contributed by atoms with Crippen LogP contribution in [0.3, 0.4) is 0 Å². The van der Waals surface area contributed by atoms with Crippen molar-refractivity contribution >= 4 is 12.2 Å². The van der Waals surface area contributed by atoms with Gasteiger partial charge in [-0.3, -0.25) is 0 Å². The minimum absolute atomic E-state index is 0.231. The minimum Gasteiger partial charge on any atom is -0.330 e. The van der Waals surface area contributed by atoms with Gasteiger partial charge in [0, 0.05) is 12.7 Å². The summed E-state index contributed by atoms with van der Waals surface area (Å²) >= 11 is 5.12. The lowest BCUT2D eigenvalue weighted by Gasteiger charge is -2.00. The molecule has 0 amide bonds. The molecule has 0 bridgehead atoms. The molecule has 1 heterocycles. The molecule has 0 atom stereocenters. The molecule has 1 aromatic carbocycles. The zero-order valence-electron chi connectivity index (χ0n) is 8.54. The van der Waals surface area contributed by atoms with E-state index in [9.17, 15) is 4.39 Å². The summed E-state index contributed by atoms with van der Waals surface area (Å²) in [6, 6.07) is 6.36. The van der Waals surface area contributed by atoms with Crippen molar-refractivity contribution < 1.29 is 4.39 Å². The van der Waals surface area contributed by atoms with Gasteiger partial charge in [0.1, 0.15) is 5.82 Å². The van der Waals surface area contributed by atoms with Crippen LogP contribution in [-0.2, 0) is 7.05 Å². The van der Waals surface area contributed by atoms with Crippen molar-refractivity contribution in [2.24, 2.45) is 7.05 Å². The highest BCUT2D eigenvalue weighted by atomic mass is 32.1. The summed E-state index contributed by atoms with van der Waals surface area (Å²) in [5, 5.41) is 0. The van der Waals surface area contributed by atoms with Gasteiger partial charge in [-0.2, -0.15) is 0 Å². The molecule has 0 fully saturated rings. The van der Waals surface area contributed by atoms with Gasteiger partial charge in [0.2, 0.25) is 0 Å². The summed E-state index contributed by atoms with van der Waals surface area (Å²) in [4.78, 5) is 3.10. The Labute approximate surface area is 92.4 Å². The van der Waals surface area contributed by atoms with Gasteiger partial charge < -0.3 is 9.55 Å². The first-order valence-electron chi connectivity index (χ1n) is 4.61. The van der Waals surface area contributed by atoms with E-state index < -0.39 is 0 Å². The van der Waals surface area contributed by atoms with Gasteiger partial charge in [-0.05, 0) is 49.0 Å². The molecule has 15 heavy (non-hydrogen) atoms. The van der Waals surface area contributed by atoms with Gasteiger partial charge in [-0.15, -0.1) is 0 Å². The molecule has 0 spiro atoms. The van der Waals surface area contributed by atoms with Crippen molar-refractivity contribution in [3.8, 4) is 11.3 Å². The molecule has 1 N–H and O–H groups in total. The van der Waals surface area contributed by atoms with Crippen LogP contribution in [0.4, 0.5) is 4.39 Å². The fourth-order valence-electron chi connectivity index (χ4n) is 1.50. The van der Waals surface area contributed by atoms with Crippen molar-refractivity contribution in [3.05, 3.63) is 40.5 Å². The average Bonchev–Trinajstić information content (AvgIpc) is 2.47. The second kappa shape index (κ2) is 3.62. The Bertz CT molecular complexity index is 537. The molecular formula is C11H11FN2S. The summed E-state index contributed by atoms with van der Waals surface area (Å²) in [7, 11) is 1.90. The van der Waals surface area contributed by atoms with E-state index in [1.165, 1.54) is 12.1 Å². The van der Waals surface area contributed by atoms with Crippen LogP contribution in [0, 0.1) is 17.5 Å². The molecule has 2 aromatic rings. The Hall–Kier alpha value is -1.42.